The lowest BCUT2D eigenvalue weighted by atomic mass is 9.88. The molecule has 0 unspecified atom stereocenters. The normalized spacial score (nSPS) is 17.9. The molecule has 0 spiro atoms. The second-order valence-electron chi connectivity index (χ2n) is 9.89. The van der Waals surface area contributed by atoms with Crippen LogP contribution in [0.2, 0.25) is 0 Å². The first-order valence-corrected chi connectivity index (χ1v) is 13.0. The van der Waals surface area contributed by atoms with Gasteiger partial charge in [-0.1, -0.05) is 72.8 Å². The number of hydrogen-bond donors (Lipinski definition) is 2. The lowest BCUT2D eigenvalue weighted by Crippen LogP contribution is -2.32. The summed E-state index contributed by atoms with van der Waals surface area (Å²) in [5.41, 5.74) is 3.08. The molecule has 2 N–H and O–H groups in total. The molecule has 0 bridgehead atoms. The number of carbonyl (C=O) groups excluding carboxylic acids is 1. The highest BCUT2D eigenvalue weighted by atomic mass is 16.5. The first kappa shape index (κ1) is 25.5. The Morgan fingerprint density at radius 2 is 1.63 bits per heavy atom. The average molecular weight is 509 g/mol. The van der Waals surface area contributed by atoms with Gasteiger partial charge in [-0.25, -0.2) is 4.79 Å². The van der Waals surface area contributed by atoms with Gasteiger partial charge < -0.3 is 20.1 Å². The van der Waals surface area contributed by atoms with Gasteiger partial charge in [0.25, 0.3) is 5.91 Å². The van der Waals surface area contributed by atoms with E-state index in [1.54, 1.807) is 24.3 Å². The van der Waals surface area contributed by atoms with Crippen LogP contribution >= 0.6 is 0 Å². The van der Waals surface area contributed by atoms with Crippen LogP contribution < -0.4 is 10.1 Å². The van der Waals surface area contributed by atoms with Crippen molar-refractivity contribution in [2.45, 2.75) is 18.9 Å². The third-order valence-corrected chi connectivity index (χ3v) is 7.40. The summed E-state index contributed by atoms with van der Waals surface area (Å²) in [4.78, 5) is 26.1. The number of likely N-dealkylation sites (tertiary alicyclic amines) is 1. The second kappa shape index (κ2) is 11.5. The number of hydrogen-bond acceptors (Lipinski definition) is 4. The monoisotopic (exact) mass is 508 g/mol. The Labute approximate surface area is 222 Å². The molecule has 0 aliphatic carbocycles. The summed E-state index contributed by atoms with van der Waals surface area (Å²) in [5.74, 6) is -0.150. The minimum atomic E-state index is -1.04. The molecule has 38 heavy (non-hydrogen) atoms. The highest BCUT2D eigenvalue weighted by Crippen LogP contribution is 2.34. The zero-order chi connectivity index (χ0) is 26.5. The van der Waals surface area contributed by atoms with Crippen LogP contribution in [0.4, 0.5) is 0 Å². The van der Waals surface area contributed by atoms with E-state index in [2.05, 4.69) is 79.0 Å². The van der Waals surface area contributed by atoms with Crippen molar-refractivity contribution in [3.8, 4) is 5.75 Å². The molecule has 1 amide bonds. The van der Waals surface area contributed by atoms with Crippen molar-refractivity contribution in [2.75, 3.05) is 26.2 Å². The van der Waals surface area contributed by atoms with Crippen LogP contribution in [0.3, 0.4) is 0 Å². The zero-order valence-corrected chi connectivity index (χ0v) is 21.4. The summed E-state index contributed by atoms with van der Waals surface area (Å²) in [6.07, 6.45) is 0. The molecule has 1 aliphatic rings. The van der Waals surface area contributed by atoms with Gasteiger partial charge >= 0.3 is 5.97 Å². The van der Waals surface area contributed by atoms with Crippen LogP contribution in [0.25, 0.3) is 10.8 Å². The van der Waals surface area contributed by atoms with Crippen LogP contribution in [0, 0.1) is 5.92 Å². The van der Waals surface area contributed by atoms with E-state index in [4.69, 9.17) is 9.84 Å². The van der Waals surface area contributed by atoms with E-state index >= 15 is 0 Å². The predicted molar refractivity (Wildman–Crippen MR) is 149 cm³/mol. The van der Waals surface area contributed by atoms with Crippen LogP contribution in [0.5, 0.6) is 5.75 Å². The standard InChI is InChI=1S/C32H32N2O4/c1-22(28-13-7-11-23-10-5-6-12-29(23)28)33-18-26-19-34(20-30(26)24-8-3-2-4-9-24)32(37)25-14-16-27(17-15-25)38-21-31(35)36/h2-17,22,26,30,33H,18-21H2,1H3,(H,35,36)/t22-,26-,30-/m1/s1. The summed E-state index contributed by atoms with van der Waals surface area (Å²) in [6.45, 7) is 3.88. The van der Waals surface area contributed by atoms with Gasteiger partial charge in [-0.05, 0) is 59.0 Å². The molecule has 194 valence electrons. The van der Waals surface area contributed by atoms with E-state index < -0.39 is 12.6 Å². The van der Waals surface area contributed by atoms with E-state index in [0.29, 0.717) is 24.4 Å². The number of ether oxygens (including phenoxy) is 1. The maximum Gasteiger partial charge on any atom is 0.341 e. The fraction of sp³-hybridized carbons (Fsp3) is 0.250. The van der Waals surface area contributed by atoms with Gasteiger partial charge in [0.1, 0.15) is 5.75 Å². The number of aliphatic carboxylic acids is 1. The number of rotatable bonds is 9. The lowest BCUT2D eigenvalue weighted by Gasteiger charge is -2.23. The third kappa shape index (κ3) is 5.71. The smallest absolute Gasteiger partial charge is 0.341 e. The number of nitrogens with one attached hydrogen (secondary N) is 1. The van der Waals surface area contributed by atoms with Crippen molar-refractivity contribution in [2.24, 2.45) is 5.92 Å². The molecule has 0 aromatic heterocycles. The molecule has 3 atom stereocenters. The van der Waals surface area contributed by atoms with Crippen LogP contribution in [0.1, 0.15) is 40.4 Å². The Balaban J connectivity index is 1.30. The fourth-order valence-corrected chi connectivity index (χ4v) is 5.41. The predicted octanol–water partition coefficient (Wildman–Crippen LogP) is 5.51. The molecule has 6 heteroatoms. The Morgan fingerprint density at radius 3 is 2.39 bits per heavy atom. The Bertz CT molecular complexity index is 1400. The quantitative estimate of drug-likeness (QED) is 0.312. The number of carboxylic acid groups (broad SMARTS) is 1. The number of carboxylic acids is 1. The van der Waals surface area contributed by atoms with Crippen molar-refractivity contribution >= 4 is 22.6 Å². The number of benzene rings is 4. The molecule has 1 saturated heterocycles. The summed E-state index contributed by atoms with van der Waals surface area (Å²) < 4.78 is 5.20. The summed E-state index contributed by atoms with van der Waals surface area (Å²) in [5, 5.41) is 15.1. The number of nitrogens with zero attached hydrogens (tertiary/aromatic N) is 1. The number of carbonyl (C=O) groups is 2. The van der Waals surface area contributed by atoms with Crippen molar-refractivity contribution < 1.29 is 19.4 Å². The Morgan fingerprint density at radius 1 is 0.921 bits per heavy atom. The molecule has 5 rings (SSSR count). The third-order valence-electron chi connectivity index (χ3n) is 7.40. The number of amides is 1. The highest BCUT2D eigenvalue weighted by molar-refractivity contribution is 5.94. The van der Waals surface area contributed by atoms with Gasteiger partial charge in [-0.3, -0.25) is 4.79 Å². The van der Waals surface area contributed by atoms with Crippen molar-refractivity contribution in [1.82, 2.24) is 10.2 Å². The van der Waals surface area contributed by atoms with Gasteiger partial charge in [0, 0.05) is 37.2 Å². The highest BCUT2D eigenvalue weighted by Gasteiger charge is 2.36. The minimum absolute atomic E-state index is 0.0275. The van der Waals surface area contributed by atoms with Gasteiger partial charge in [-0.15, -0.1) is 0 Å². The van der Waals surface area contributed by atoms with Crippen LogP contribution in [-0.2, 0) is 4.79 Å². The second-order valence-corrected chi connectivity index (χ2v) is 9.89. The molecular formula is C32H32N2O4. The Kier molecular flexibility index (Phi) is 7.70. The molecule has 0 saturated carbocycles. The molecule has 4 aromatic rings. The van der Waals surface area contributed by atoms with Crippen LogP contribution in [0.15, 0.2) is 97.1 Å². The van der Waals surface area contributed by atoms with Gasteiger partial charge in [0.2, 0.25) is 0 Å². The maximum atomic E-state index is 13.4. The topological polar surface area (TPSA) is 78.9 Å². The first-order valence-electron chi connectivity index (χ1n) is 13.0. The van der Waals surface area contributed by atoms with E-state index in [0.717, 1.165) is 6.54 Å². The SMILES string of the molecule is C[C@@H](NC[C@@H]1CN(C(=O)c2ccc(OCC(=O)O)cc2)C[C@@H]1c1ccccc1)c1cccc2ccccc12. The molecule has 1 heterocycles. The minimum Gasteiger partial charge on any atom is -0.482 e. The van der Waals surface area contributed by atoms with E-state index in [1.807, 2.05) is 11.0 Å². The van der Waals surface area contributed by atoms with E-state index in [1.165, 1.54) is 21.9 Å². The van der Waals surface area contributed by atoms with E-state index in [-0.39, 0.29) is 23.8 Å². The number of fused-ring (bicyclic) bond motifs is 1. The van der Waals surface area contributed by atoms with Gasteiger partial charge in [0.15, 0.2) is 6.61 Å². The van der Waals surface area contributed by atoms with Gasteiger partial charge in [0.05, 0.1) is 0 Å². The lowest BCUT2D eigenvalue weighted by molar-refractivity contribution is -0.139. The van der Waals surface area contributed by atoms with Crippen molar-refractivity contribution in [3.05, 3.63) is 114 Å². The molecular weight excluding hydrogens is 476 g/mol. The molecule has 1 fully saturated rings. The molecule has 1 aliphatic heterocycles. The average Bonchev–Trinajstić information content (AvgIpc) is 3.39. The largest absolute Gasteiger partial charge is 0.482 e. The molecule has 6 nitrogen and oxygen atoms in total. The molecule has 0 radical (unpaired) electrons. The maximum absolute atomic E-state index is 13.4. The summed E-state index contributed by atoms with van der Waals surface area (Å²) in [6, 6.07) is 32.2. The summed E-state index contributed by atoms with van der Waals surface area (Å²) in [7, 11) is 0. The van der Waals surface area contributed by atoms with Crippen molar-refractivity contribution in [3.63, 3.8) is 0 Å². The van der Waals surface area contributed by atoms with E-state index in [9.17, 15) is 9.59 Å². The zero-order valence-electron chi connectivity index (χ0n) is 21.4. The molecule has 4 aromatic carbocycles. The van der Waals surface area contributed by atoms with Crippen molar-refractivity contribution in [1.29, 1.82) is 0 Å². The fourth-order valence-electron chi connectivity index (χ4n) is 5.41. The van der Waals surface area contributed by atoms with Crippen LogP contribution in [-0.4, -0.2) is 48.1 Å². The summed E-state index contributed by atoms with van der Waals surface area (Å²) >= 11 is 0. The Hall–Kier alpha value is -4.16. The van der Waals surface area contributed by atoms with Gasteiger partial charge in [-0.2, -0.15) is 0 Å². The first-order chi connectivity index (χ1) is 18.5.